The normalized spacial score (nSPS) is 15.9. The highest BCUT2D eigenvalue weighted by molar-refractivity contribution is 9.10. The number of rotatable bonds is 2. The number of hydrogen-bond donors (Lipinski definition) is 0. The minimum Gasteiger partial charge on any atom is -0.312 e. The van der Waals surface area contributed by atoms with Gasteiger partial charge in [0.1, 0.15) is 5.71 Å². The van der Waals surface area contributed by atoms with E-state index in [1.165, 1.54) is 0 Å². The Morgan fingerprint density at radius 1 is 1.09 bits per heavy atom. The Morgan fingerprint density at radius 3 is 2.50 bits per heavy atom. The van der Waals surface area contributed by atoms with E-state index in [0.29, 0.717) is 26.9 Å². The first kappa shape index (κ1) is 15.3. The molecule has 0 saturated heterocycles. The Balaban J connectivity index is 2.03. The van der Waals surface area contributed by atoms with Crippen LogP contribution in [-0.4, -0.2) is 11.7 Å². The second-order valence-electron chi connectivity index (χ2n) is 4.55. The molecule has 1 aliphatic heterocycles. The van der Waals surface area contributed by atoms with E-state index in [2.05, 4.69) is 21.1 Å². The number of nitrogens with zero attached hydrogens (tertiary/aromatic N) is 1. The Hall–Kier alpha value is -1.62. The highest BCUT2D eigenvalue weighted by Gasteiger charge is 2.27. The smallest absolute Gasteiger partial charge is 0.312 e. The zero-order valence-electron chi connectivity index (χ0n) is 11.0. The van der Waals surface area contributed by atoms with Crippen LogP contribution in [0.15, 0.2) is 57.7 Å². The van der Waals surface area contributed by atoms with E-state index in [0.717, 1.165) is 10.0 Å². The van der Waals surface area contributed by atoms with E-state index < -0.39 is 5.97 Å². The van der Waals surface area contributed by atoms with Crippen molar-refractivity contribution in [3.05, 3.63) is 73.7 Å². The molecular formula is C16H8BrCl2NO2. The fraction of sp³-hybridized carbons (Fsp3) is 0. The molecule has 3 rings (SSSR count). The molecule has 22 heavy (non-hydrogen) atoms. The van der Waals surface area contributed by atoms with Crippen molar-refractivity contribution in [2.45, 2.75) is 0 Å². The Morgan fingerprint density at radius 2 is 1.82 bits per heavy atom. The lowest BCUT2D eigenvalue weighted by Crippen LogP contribution is -2.06. The zero-order chi connectivity index (χ0) is 15.7. The van der Waals surface area contributed by atoms with Crippen LogP contribution >= 0.6 is 39.1 Å². The fourth-order valence-electron chi connectivity index (χ4n) is 2.00. The molecule has 0 amide bonds. The molecule has 0 fully saturated rings. The molecule has 1 heterocycles. The van der Waals surface area contributed by atoms with Gasteiger partial charge in [-0.1, -0.05) is 62.5 Å². The molecule has 3 nitrogen and oxygen atoms in total. The van der Waals surface area contributed by atoms with Gasteiger partial charge in [0.05, 0.1) is 5.57 Å². The van der Waals surface area contributed by atoms with E-state index in [1.54, 1.807) is 24.3 Å². The van der Waals surface area contributed by atoms with Crippen LogP contribution in [0, 0.1) is 0 Å². The zero-order valence-corrected chi connectivity index (χ0v) is 14.1. The Bertz CT molecular complexity index is 813. The molecule has 2 aromatic rings. The van der Waals surface area contributed by atoms with Gasteiger partial charge in [0.2, 0.25) is 0 Å². The maximum absolute atomic E-state index is 11.9. The van der Waals surface area contributed by atoms with Crippen molar-refractivity contribution in [1.82, 2.24) is 0 Å². The van der Waals surface area contributed by atoms with Gasteiger partial charge in [0, 0.05) is 20.1 Å². The molecule has 0 bridgehead atoms. The Kier molecular flexibility index (Phi) is 4.34. The fourth-order valence-corrected chi connectivity index (χ4v) is 2.73. The van der Waals surface area contributed by atoms with E-state index in [4.69, 9.17) is 28.0 Å². The summed E-state index contributed by atoms with van der Waals surface area (Å²) in [4.78, 5) is 16.7. The molecule has 0 N–H and O–H groups in total. The maximum atomic E-state index is 11.9. The van der Waals surface area contributed by atoms with Gasteiger partial charge in [-0.25, -0.2) is 4.79 Å². The van der Waals surface area contributed by atoms with Crippen LogP contribution in [-0.2, 0) is 9.63 Å². The molecule has 0 atom stereocenters. The lowest BCUT2D eigenvalue weighted by atomic mass is 10.0. The van der Waals surface area contributed by atoms with Gasteiger partial charge in [0.15, 0.2) is 0 Å². The van der Waals surface area contributed by atoms with Crippen molar-refractivity contribution in [3.8, 4) is 0 Å². The quantitative estimate of drug-likeness (QED) is 0.523. The first-order valence-corrected chi connectivity index (χ1v) is 7.82. The van der Waals surface area contributed by atoms with Crippen molar-refractivity contribution in [2.24, 2.45) is 5.16 Å². The monoisotopic (exact) mass is 395 g/mol. The lowest BCUT2D eigenvalue weighted by Gasteiger charge is -2.03. The van der Waals surface area contributed by atoms with Gasteiger partial charge in [0.25, 0.3) is 0 Å². The summed E-state index contributed by atoms with van der Waals surface area (Å²) in [6.07, 6.45) is 1.65. The average Bonchev–Trinajstić information content (AvgIpc) is 2.84. The first-order chi connectivity index (χ1) is 10.5. The number of hydrogen-bond acceptors (Lipinski definition) is 3. The third-order valence-electron chi connectivity index (χ3n) is 3.07. The van der Waals surface area contributed by atoms with Gasteiger partial charge in [-0.2, -0.15) is 0 Å². The lowest BCUT2D eigenvalue weighted by molar-refractivity contribution is -0.136. The summed E-state index contributed by atoms with van der Waals surface area (Å²) in [5.74, 6) is -0.510. The van der Waals surface area contributed by atoms with E-state index in [9.17, 15) is 4.79 Å². The number of carbonyl (C=O) groups is 1. The highest BCUT2D eigenvalue weighted by atomic mass is 79.9. The topological polar surface area (TPSA) is 38.7 Å². The molecular weight excluding hydrogens is 389 g/mol. The van der Waals surface area contributed by atoms with Crippen molar-refractivity contribution in [3.63, 3.8) is 0 Å². The van der Waals surface area contributed by atoms with E-state index in [-0.39, 0.29) is 0 Å². The van der Waals surface area contributed by atoms with E-state index >= 15 is 0 Å². The molecule has 110 valence electrons. The van der Waals surface area contributed by atoms with Crippen LogP contribution in [0.4, 0.5) is 0 Å². The van der Waals surface area contributed by atoms with Gasteiger partial charge >= 0.3 is 5.97 Å². The van der Waals surface area contributed by atoms with Crippen molar-refractivity contribution < 1.29 is 9.63 Å². The van der Waals surface area contributed by atoms with Gasteiger partial charge in [-0.15, -0.1) is 0 Å². The predicted molar refractivity (Wildman–Crippen MR) is 91.2 cm³/mol. The molecule has 0 unspecified atom stereocenters. The molecule has 0 radical (unpaired) electrons. The van der Waals surface area contributed by atoms with E-state index in [1.807, 2.05) is 24.3 Å². The molecule has 0 spiro atoms. The molecule has 6 heteroatoms. The molecule has 2 aromatic carbocycles. The van der Waals surface area contributed by atoms with Crippen LogP contribution in [0.25, 0.3) is 6.08 Å². The van der Waals surface area contributed by atoms with Crippen LogP contribution < -0.4 is 0 Å². The number of oxime groups is 1. The third kappa shape index (κ3) is 3.09. The molecule has 0 saturated carbocycles. The van der Waals surface area contributed by atoms with Crippen molar-refractivity contribution >= 4 is 56.9 Å². The van der Waals surface area contributed by atoms with Crippen LogP contribution in [0.5, 0.6) is 0 Å². The maximum Gasteiger partial charge on any atom is 0.368 e. The second-order valence-corrected chi connectivity index (χ2v) is 6.31. The van der Waals surface area contributed by atoms with Crippen LogP contribution in [0.3, 0.4) is 0 Å². The predicted octanol–water partition coefficient (Wildman–Crippen LogP) is 5.10. The van der Waals surface area contributed by atoms with Crippen LogP contribution in [0.1, 0.15) is 11.1 Å². The van der Waals surface area contributed by atoms with Crippen molar-refractivity contribution in [1.29, 1.82) is 0 Å². The summed E-state index contributed by atoms with van der Waals surface area (Å²) in [7, 11) is 0. The highest BCUT2D eigenvalue weighted by Crippen LogP contribution is 2.26. The largest absolute Gasteiger partial charge is 0.368 e. The first-order valence-electron chi connectivity index (χ1n) is 6.27. The van der Waals surface area contributed by atoms with Crippen molar-refractivity contribution in [2.75, 3.05) is 0 Å². The summed E-state index contributed by atoms with van der Waals surface area (Å²) >= 11 is 15.4. The van der Waals surface area contributed by atoms with Gasteiger partial charge in [-0.3, -0.25) is 0 Å². The summed E-state index contributed by atoms with van der Waals surface area (Å²) in [6.45, 7) is 0. The van der Waals surface area contributed by atoms with Gasteiger partial charge < -0.3 is 4.84 Å². The molecule has 0 aliphatic carbocycles. The minimum absolute atomic E-state index is 0.353. The average molecular weight is 397 g/mol. The summed E-state index contributed by atoms with van der Waals surface area (Å²) in [5.41, 5.74) is 2.28. The summed E-state index contributed by atoms with van der Waals surface area (Å²) in [6, 6.07) is 12.5. The third-order valence-corrected chi connectivity index (χ3v) is 4.17. The minimum atomic E-state index is -0.510. The summed E-state index contributed by atoms with van der Waals surface area (Å²) in [5, 5.41) is 4.84. The Labute approximate surface area is 145 Å². The standard InChI is InChI=1S/C16H8BrCl2NO2/c17-11-4-1-9(2-5-11)15-13(16(21)22-20-15)7-10-3-6-12(18)8-14(10)19/h1-8H/b13-7-. The molecule has 1 aliphatic rings. The SMILES string of the molecule is O=C1ON=C(c2ccc(Br)cc2)/C1=C/c1ccc(Cl)cc1Cl. The number of carbonyl (C=O) groups excluding carboxylic acids is 1. The van der Waals surface area contributed by atoms with Crippen LogP contribution in [0.2, 0.25) is 10.0 Å². The number of benzene rings is 2. The second kappa shape index (κ2) is 6.24. The summed E-state index contributed by atoms with van der Waals surface area (Å²) < 4.78 is 0.938. The molecule has 0 aromatic heterocycles. The van der Waals surface area contributed by atoms with Gasteiger partial charge in [-0.05, 0) is 35.9 Å². The number of halogens is 3.